The Bertz CT molecular complexity index is 1890. The fourth-order valence-electron chi connectivity index (χ4n) is 8.12. The van der Waals surface area contributed by atoms with Gasteiger partial charge in [-0.2, -0.15) is 0 Å². The number of hydrogen-bond acceptors (Lipinski definition) is 8. The van der Waals surface area contributed by atoms with Crippen LogP contribution in [0.25, 0.3) is 22.5 Å². The van der Waals surface area contributed by atoms with E-state index in [1.807, 2.05) is 61.5 Å². The van der Waals surface area contributed by atoms with E-state index in [2.05, 4.69) is 69.4 Å². The Kier molecular flexibility index (Phi) is 13.8. The van der Waals surface area contributed by atoms with Gasteiger partial charge in [0, 0.05) is 41.2 Å². The van der Waals surface area contributed by atoms with Gasteiger partial charge >= 0.3 is 0 Å². The normalized spacial score (nSPS) is 21.2. The third-order valence-corrected chi connectivity index (χ3v) is 11.7. The van der Waals surface area contributed by atoms with Crippen molar-refractivity contribution in [3.8, 4) is 22.5 Å². The monoisotopic (exact) mass is 769 g/mol. The van der Waals surface area contributed by atoms with Crippen molar-refractivity contribution in [1.82, 2.24) is 36.2 Å². The molecule has 3 aromatic carbocycles. The largest absolute Gasteiger partial charge is 0.349 e. The number of H-pyrrole nitrogens is 1. The maximum absolute atomic E-state index is 13.8. The summed E-state index contributed by atoms with van der Waals surface area (Å²) in [6.45, 7) is 7.16. The zero-order chi connectivity index (χ0) is 38.4. The number of carbonyl (C=O) groups excluding carboxylic acids is 3. The minimum atomic E-state index is -0.781. The lowest BCUT2D eigenvalue weighted by molar-refractivity contribution is -0.130. The molecule has 0 radical (unpaired) electrons. The number of anilines is 1. The third kappa shape index (κ3) is 10.4. The van der Waals surface area contributed by atoms with Crippen LogP contribution in [-0.2, 0) is 16.0 Å². The molecule has 2 unspecified atom stereocenters. The zero-order valence-electron chi connectivity index (χ0n) is 32.6. The number of carbonyl (C=O) groups is 3. The molecule has 6 N–H and O–H groups in total. The van der Waals surface area contributed by atoms with Crippen molar-refractivity contribution in [3.63, 3.8) is 0 Å². The first-order valence-corrected chi connectivity index (χ1v) is 19.2. The smallest absolute Gasteiger partial charge is 0.251 e. The lowest BCUT2D eigenvalue weighted by Crippen LogP contribution is -2.51. The molecule has 2 fully saturated rings. The Labute approximate surface area is 330 Å². The van der Waals surface area contributed by atoms with E-state index >= 15 is 0 Å². The van der Waals surface area contributed by atoms with E-state index in [0.29, 0.717) is 42.0 Å². The number of hydrogen-bond donors (Lipinski definition) is 5. The van der Waals surface area contributed by atoms with E-state index in [1.165, 1.54) is 0 Å². The van der Waals surface area contributed by atoms with Gasteiger partial charge in [0.05, 0.1) is 0 Å². The second-order valence-corrected chi connectivity index (χ2v) is 16.2. The highest BCUT2D eigenvalue weighted by Gasteiger charge is 2.38. The lowest BCUT2D eigenvalue weighted by Gasteiger charge is -2.44. The Morgan fingerprint density at radius 1 is 0.927 bits per heavy atom. The first kappa shape index (κ1) is 41.5. The number of nitrogens with one attached hydrogen (secondary N) is 4. The molecule has 1 aromatic heterocycles. The van der Waals surface area contributed by atoms with Gasteiger partial charge in [0.15, 0.2) is 5.82 Å². The molecule has 294 valence electrons. The summed E-state index contributed by atoms with van der Waals surface area (Å²) in [7, 11) is 4.26. The van der Waals surface area contributed by atoms with E-state index < -0.39 is 6.04 Å². The summed E-state index contributed by atoms with van der Waals surface area (Å²) in [4.78, 5) is 42.9. The number of aryl methyl sites for hydroxylation is 1. The minimum Gasteiger partial charge on any atom is -0.349 e. The molecule has 2 aliphatic carbocycles. The molecule has 1 heterocycles. The van der Waals surface area contributed by atoms with Crippen LogP contribution < -0.4 is 21.7 Å². The summed E-state index contributed by atoms with van der Waals surface area (Å²) in [5, 5.41) is 23.3. The van der Waals surface area contributed by atoms with E-state index in [4.69, 9.17) is 5.73 Å². The summed E-state index contributed by atoms with van der Waals surface area (Å²) in [6, 6.07) is 21.0. The average Bonchev–Trinajstić information content (AvgIpc) is 3.71. The molecule has 0 aliphatic heterocycles. The van der Waals surface area contributed by atoms with Crippen LogP contribution in [0.1, 0.15) is 80.3 Å². The molecule has 3 amide bonds. The average molecular weight is 770 g/mol. The van der Waals surface area contributed by atoms with Crippen molar-refractivity contribution >= 4 is 35.8 Å². The van der Waals surface area contributed by atoms with Gasteiger partial charge in [-0.25, -0.2) is 5.10 Å². The standard InChI is InChI=1S/C42H55N9O3.ClH/c1-26-22-32(40(53)46-37-21-19-34(51(4)5)24-42(37,2)3)16-20-35(26)29-10-6-27(7-11-29)23-36(45-39(52)31-12-8-28(25-43)9-13-31)41(54)44-33-17-14-30(15-18-33)38-47-49-50-48-38;/h6-7,10-11,14-18,20,22,28,31,34,36-37H,8-9,12-13,19,21,23-25,43H2,1-5H3,(H,44,54)(H,45,52)(H,46,53)(H,47,48,49,50);1H/t28-,31-,34?,36-,37?;/m0./s1. The maximum atomic E-state index is 13.8. The molecule has 2 aliphatic rings. The predicted octanol–water partition coefficient (Wildman–Crippen LogP) is 5.93. The van der Waals surface area contributed by atoms with Crippen LogP contribution in [0, 0.1) is 24.2 Å². The van der Waals surface area contributed by atoms with Crippen molar-refractivity contribution in [2.24, 2.45) is 23.0 Å². The highest BCUT2D eigenvalue weighted by Crippen LogP contribution is 2.37. The number of aromatic amines is 1. The Balaban J connectivity index is 0.00000580. The van der Waals surface area contributed by atoms with Crippen molar-refractivity contribution in [2.45, 2.75) is 90.3 Å². The number of nitrogens with two attached hydrogens (primary N) is 1. The number of nitrogens with zero attached hydrogens (tertiary/aromatic N) is 4. The number of halogens is 1. The van der Waals surface area contributed by atoms with Gasteiger partial charge in [-0.1, -0.05) is 44.2 Å². The molecular weight excluding hydrogens is 714 g/mol. The Hall–Kier alpha value is -4.65. The molecule has 2 saturated carbocycles. The van der Waals surface area contributed by atoms with Gasteiger partial charge in [0.1, 0.15) is 6.04 Å². The lowest BCUT2D eigenvalue weighted by atomic mass is 9.71. The van der Waals surface area contributed by atoms with Gasteiger partial charge in [-0.3, -0.25) is 14.4 Å². The van der Waals surface area contributed by atoms with Crippen molar-refractivity contribution in [3.05, 3.63) is 83.4 Å². The van der Waals surface area contributed by atoms with Crippen molar-refractivity contribution in [2.75, 3.05) is 26.0 Å². The molecule has 12 nitrogen and oxygen atoms in total. The summed E-state index contributed by atoms with van der Waals surface area (Å²) in [5.74, 6) is 0.404. The number of rotatable bonds is 12. The fraction of sp³-hybridized carbons (Fsp3) is 0.476. The van der Waals surface area contributed by atoms with Crippen LogP contribution in [-0.4, -0.2) is 82.0 Å². The number of amides is 3. The van der Waals surface area contributed by atoms with E-state index in [0.717, 1.165) is 72.8 Å². The quantitative estimate of drug-likeness (QED) is 0.118. The number of tetrazole rings is 1. The van der Waals surface area contributed by atoms with Gasteiger partial charge in [0.2, 0.25) is 11.8 Å². The van der Waals surface area contributed by atoms with Crippen molar-refractivity contribution in [1.29, 1.82) is 0 Å². The summed E-state index contributed by atoms with van der Waals surface area (Å²) < 4.78 is 0. The molecule has 4 aromatic rings. The van der Waals surface area contributed by atoms with Gasteiger partial charge in [0.25, 0.3) is 5.91 Å². The molecule has 0 spiro atoms. The zero-order valence-corrected chi connectivity index (χ0v) is 33.4. The number of benzene rings is 3. The summed E-state index contributed by atoms with van der Waals surface area (Å²) in [5.41, 5.74) is 11.9. The molecule has 0 saturated heterocycles. The molecule has 3 atom stereocenters. The molecule has 55 heavy (non-hydrogen) atoms. The van der Waals surface area contributed by atoms with Crippen LogP contribution in [0.15, 0.2) is 66.7 Å². The van der Waals surface area contributed by atoms with Crippen LogP contribution in [0.3, 0.4) is 0 Å². The highest BCUT2D eigenvalue weighted by atomic mass is 35.5. The van der Waals surface area contributed by atoms with Crippen molar-refractivity contribution < 1.29 is 14.4 Å². The number of aromatic nitrogens is 4. The minimum absolute atomic E-state index is 0. The van der Waals surface area contributed by atoms with Crippen LogP contribution in [0.2, 0.25) is 0 Å². The predicted molar refractivity (Wildman–Crippen MR) is 219 cm³/mol. The second kappa shape index (κ2) is 18.3. The molecular formula is C42H56ClN9O3. The van der Waals surface area contributed by atoms with Crippen LogP contribution in [0.4, 0.5) is 5.69 Å². The first-order chi connectivity index (χ1) is 25.9. The molecule has 13 heteroatoms. The topological polar surface area (TPSA) is 171 Å². The SMILES string of the molecule is Cc1cc(C(=O)NC2CCC(N(C)C)CC2(C)C)ccc1-c1ccc(C[C@H](NC(=O)[C@H]2CC[C@H](CN)CC2)C(=O)Nc2ccc(-c3nnn[nH]3)cc2)cc1.Cl. The van der Waals surface area contributed by atoms with Gasteiger partial charge in [-0.15, -0.1) is 17.5 Å². The van der Waals surface area contributed by atoms with Gasteiger partial charge in [-0.05, 0) is 153 Å². The molecule has 0 bridgehead atoms. The van der Waals surface area contributed by atoms with Gasteiger partial charge < -0.3 is 26.6 Å². The second-order valence-electron chi connectivity index (χ2n) is 16.2. The van der Waals surface area contributed by atoms with E-state index in [-0.39, 0.29) is 47.5 Å². The maximum Gasteiger partial charge on any atom is 0.251 e. The summed E-state index contributed by atoms with van der Waals surface area (Å²) in [6.07, 6.45) is 6.77. The first-order valence-electron chi connectivity index (χ1n) is 19.2. The Morgan fingerprint density at radius 3 is 2.22 bits per heavy atom. The Morgan fingerprint density at radius 2 is 1.62 bits per heavy atom. The van der Waals surface area contributed by atoms with Crippen LogP contribution >= 0.6 is 12.4 Å². The van der Waals surface area contributed by atoms with Crippen LogP contribution in [0.5, 0.6) is 0 Å². The summed E-state index contributed by atoms with van der Waals surface area (Å²) >= 11 is 0. The highest BCUT2D eigenvalue weighted by molar-refractivity contribution is 5.98. The fourth-order valence-corrected chi connectivity index (χ4v) is 8.12. The van der Waals surface area contributed by atoms with E-state index in [9.17, 15) is 14.4 Å². The molecule has 6 rings (SSSR count). The third-order valence-electron chi connectivity index (χ3n) is 11.7. The van der Waals surface area contributed by atoms with E-state index in [1.54, 1.807) is 12.1 Å².